The summed E-state index contributed by atoms with van der Waals surface area (Å²) in [6, 6.07) is 25.4. The molecule has 3 heterocycles. The summed E-state index contributed by atoms with van der Waals surface area (Å²) < 4.78 is 40.6. The molecule has 9 nitrogen and oxygen atoms in total. The maximum atomic E-state index is 10.5. The zero-order valence-electron chi connectivity index (χ0n) is 20.6. The number of aromatic nitrogens is 3. The Morgan fingerprint density at radius 2 is 1.61 bits per heavy atom. The highest BCUT2D eigenvalue weighted by molar-refractivity contribution is 7.85. The number of aryl methyl sites for hydroxylation is 1. The third kappa shape index (κ3) is 7.48. The Labute approximate surface area is 220 Å². The minimum absolute atomic E-state index is 0.0666. The highest BCUT2D eigenvalue weighted by atomic mass is 32.2. The van der Waals surface area contributed by atoms with E-state index in [-0.39, 0.29) is 4.90 Å². The zero-order valence-corrected chi connectivity index (χ0v) is 21.4. The van der Waals surface area contributed by atoms with Gasteiger partial charge in [0.05, 0.1) is 16.2 Å². The predicted molar refractivity (Wildman–Crippen MR) is 143 cm³/mol. The fourth-order valence-electron chi connectivity index (χ4n) is 3.41. The molecule has 0 aliphatic rings. The van der Waals surface area contributed by atoms with Gasteiger partial charge in [0.15, 0.2) is 5.76 Å². The average molecular weight is 531 g/mol. The molecule has 5 aromatic rings. The van der Waals surface area contributed by atoms with Gasteiger partial charge in [0, 0.05) is 30.9 Å². The summed E-state index contributed by atoms with van der Waals surface area (Å²) in [5.74, 6) is 1.67. The van der Waals surface area contributed by atoms with Gasteiger partial charge >= 0.3 is 0 Å². The molecule has 0 unspecified atom stereocenters. The molecule has 0 saturated carbocycles. The number of anilines is 1. The largest absolute Gasteiger partial charge is 0.473 e. The van der Waals surface area contributed by atoms with Crippen LogP contribution in [0.3, 0.4) is 0 Å². The molecule has 38 heavy (non-hydrogen) atoms. The first-order valence-corrected chi connectivity index (χ1v) is 13.0. The van der Waals surface area contributed by atoms with Crippen LogP contribution in [0, 0.1) is 6.92 Å². The van der Waals surface area contributed by atoms with E-state index in [1.165, 1.54) is 12.1 Å². The molecule has 0 radical (unpaired) electrons. The first-order valence-electron chi connectivity index (χ1n) is 11.6. The Morgan fingerprint density at radius 3 is 2.26 bits per heavy atom. The van der Waals surface area contributed by atoms with Crippen LogP contribution in [-0.2, 0) is 23.1 Å². The van der Waals surface area contributed by atoms with Crippen LogP contribution in [-0.4, -0.2) is 28.1 Å². The lowest BCUT2D eigenvalue weighted by Crippen LogP contribution is -1.97. The van der Waals surface area contributed by atoms with Crippen molar-refractivity contribution in [2.75, 3.05) is 5.73 Å². The number of nitrogen functional groups attached to an aromatic ring is 1. The van der Waals surface area contributed by atoms with Gasteiger partial charge < -0.3 is 15.0 Å². The normalized spacial score (nSPS) is 10.9. The minimum Gasteiger partial charge on any atom is -0.473 e. The number of nitrogens with two attached hydrogens (primary N) is 1. The average Bonchev–Trinajstić information content (AvgIpc) is 3.37. The van der Waals surface area contributed by atoms with Crippen molar-refractivity contribution in [3.8, 4) is 17.2 Å². The lowest BCUT2D eigenvalue weighted by molar-refractivity contribution is 0.294. The van der Waals surface area contributed by atoms with Crippen LogP contribution in [0.4, 0.5) is 5.82 Å². The van der Waals surface area contributed by atoms with Gasteiger partial charge in [-0.25, -0.2) is 9.97 Å². The van der Waals surface area contributed by atoms with Crippen molar-refractivity contribution in [3.63, 3.8) is 0 Å². The van der Waals surface area contributed by atoms with E-state index >= 15 is 0 Å². The maximum Gasteiger partial charge on any atom is 0.294 e. The van der Waals surface area contributed by atoms with Gasteiger partial charge in [-0.05, 0) is 48.4 Å². The summed E-state index contributed by atoms with van der Waals surface area (Å²) in [7, 11) is -4.02. The first-order chi connectivity index (χ1) is 18.3. The summed E-state index contributed by atoms with van der Waals surface area (Å²) in [6.07, 6.45) is 4.03. The lowest BCUT2D eigenvalue weighted by Gasteiger charge is -2.05. The zero-order chi connectivity index (χ0) is 27.0. The Morgan fingerprint density at radius 1 is 0.895 bits per heavy atom. The Bertz CT molecular complexity index is 1570. The molecular formula is C28H26N4O5S. The van der Waals surface area contributed by atoms with Crippen molar-refractivity contribution >= 4 is 15.9 Å². The lowest BCUT2D eigenvalue weighted by atomic mass is 10.1. The van der Waals surface area contributed by atoms with E-state index in [1.807, 2.05) is 55.5 Å². The molecule has 194 valence electrons. The van der Waals surface area contributed by atoms with Gasteiger partial charge in [0.1, 0.15) is 12.4 Å². The molecule has 0 atom stereocenters. The number of hydrogen-bond donors (Lipinski definition) is 2. The van der Waals surface area contributed by atoms with Crippen LogP contribution in [0.15, 0.2) is 107 Å². The van der Waals surface area contributed by atoms with Crippen molar-refractivity contribution in [1.29, 1.82) is 0 Å². The van der Waals surface area contributed by atoms with Crippen LogP contribution in [0.2, 0.25) is 0 Å². The third-order valence-corrected chi connectivity index (χ3v) is 6.28. The topological polar surface area (TPSA) is 141 Å². The van der Waals surface area contributed by atoms with Crippen LogP contribution in [0.25, 0.3) is 11.3 Å². The summed E-state index contributed by atoms with van der Waals surface area (Å²) in [5.41, 5.74) is 10.6. The molecule has 0 bridgehead atoms. The quantitative estimate of drug-likeness (QED) is 0.274. The van der Waals surface area contributed by atoms with Crippen molar-refractivity contribution in [1.82, 2.24) is 15.1 Å². The molecule has 10 heteroatoms. The smallest absolute Gasteiger partial charge is 0.294 e. The third-order valence-electron chi connectivity index (χ3n) is 5.41. The number of pyridine rings is 2. The molecule has 0 saturated heterocycles. The number of nitrogens with zero attached hydrogens (tertiary/aromatic N) is 3. The van der Waals surface area contributed by atoms with E-state index in [0.717, 1.165) is 27.9 Å². The predicted octanol–water partition coefficient (Wildman–Crippen LogP) is 5.13. The standard InChI is InChI=1S/C21H18N4O2.C7H8O3S/c22-21-18(4-3-11-24-21)19-13-17(25-27-19)12-15-6-8-16(9-7-15)14-26-20-5-1-2-10-23-20;1-6-2-4-7(5-3-6)11(8,9)10/h1-11,13H,12,14H2,(H2,22,24);2-5H,1H3,(H,8,9,10). The highest BCUT2D eigenvalue weighted by Gasteiger charge is 2.11. The van der Waals surface area contributed by atoms with E-state index in [2.05, 4.69) is 27.3 Å². The van der Waals surface area contributed by atoms with Gasteiger partial charge in [0.2, 0.25) is 5.88 Å². The second kappa shape index (κ2) is 12.1. The summed E-state index contributed by atoms with van der Waals surface area (Å²) in [6.45, 7) is 2.32. The molecule has 0 aliphatic carbocycles. The van der Waals surface area contributed by atoms with E-state index < -0.39 is 10.1 Å². The number of ether oxygens (including phenoxy) is 1. The molecule has 0 aliphatic heterocycles. The van der Waals surface area contributed by atoms with E-state index in [9.17, 15) is 8.42 Å². The van der Waals surface area contributed by atoms with Crippen LogP contribution >= 0.6 is 0 Å². The van der Waals surface area contributed by atoms with Crippen molar-refractivity contribution < 1.29 is 22.2 Å². The molecule has 3 aromatic heterocycles. The second-order valence-electron chi connectivity index (χ2n) is 8.36. The van der Waals surface area contributed by atoms with Crippen LogP contribution in [0.5, 0.6) is 5.88 Å². The Kier molecular flexibility index (Phi) is 8.47. The van der Waals surface area contributed by atoms with Gasteiger partial charge in [-0.3, -0.25) is 4.55 Å². The first kappa shape index (κ1) is 26.5. The maximum absolute atomic E-state index is 10.5. The summed E-state index contributed by atoms with van der Waals surface area (Å²) >= 11 is 0. The van der Waals surface area contributed by atoms with E-state index in [0.29, 0.717) is 30.5 Å². The molecule has 0 spiro atoms. The molecule has 2 aromatic carbocycles. The van der Waals surface area contributed by atoms with Crippen LogP contribution in [0.1, 0.15) is 22.4 Å². The highest BCUT2D eigenvalue weighted by Crippen LogP contribution is 2.25. The monoisotopic (exact) mass is 530 g/mol. The van der Waals surface area contributed by atoms with Crippen molar-refractivity contribution in [2.45, 2.75) is 24.8 Å². The van der Waals surface area contributed by atoms with E-state index in [1.54, 1.807) is 24.5 Å². The minimum atomic E-state index is -4.02. The van der Waals surface area contributed by atoms with Crippen LogP contribution < -0.4 is 10.5 Å². The second-order valence-corrected chi connectivity index (χ2v) is 9.78. The van der Waals surface area contributed by atoms with Gasteiger partial charge in [-0.2, -0.15) is 8.42 Å². The SMILES string of the molecule is Cc1ccc(S(=O)(=O)O)cc1.Nc1ncccc1-c1cc(Cc2ccc(COc3ccccn3)cc2)no1. The van der Waals surface area contributed by atoms with E-state index in [4.69, 9.17) is 19.5 Å². The van der Waals surface area contributed by atoms with Crippen molar-refractivity contribution in [3.05, 3.63) is 120 Å². The molecule has 0 fully saturated rings. The van der Waals surface area contributed by atoms with Crippen molar-refractivity contribution in [2.24, 2.45) is 0 Å². The van der Waals surface area contributed by atoms with Gasteiger partial charge in [-0.1, -0.05) is 53.2 Å². The number of hydrogen-bond acceptors (Lipinski definition) is 8. The Hall–Kier alpha value is -4.54. The summed E-state index contributed by atoms with van der Waals surface area (Å²) in [5, 5.41) is 4.14. The fraction of sp³-hybridized carbons (Fsp3) is 0.107. The van der Waals surface area contributed by atoms with Gasteiger partial charge in [-0.15, -0.1) is 0 Å². The number of benzene rings is 2. The molecule has 3 N–H and O–H groups in total. The number of rotatable bonds is 7. The summed E-state index contributed by atoms with van der Waals surface area (Å²) in [4.78, 5) is 8.15. The molecule has 0 amide bonds. The molecular weight excluding hydrogens is 504 g/mol. The molecule has 5 rings (SSSR count). The van der Waals surface area contributed by atoms with Gasteiger partial charge in [0.25, 0.3) is 10.1 Å². The Balaban J connectivity index is 0.000000257. The fourth-order valence-corrected chi connectivity index (χ4v) is 3.89.